The maximum atomic E-state index is 5.54. The van der Waals surface area contributed by atoms with Gasteiger partial charge in [-0.3, -0.25) is 0 Å². The first-order valence-electron chi connectivity index (χ1n) is 10.2. The molecule has 3 N–H and O–H groups in total. The van der Waals surface area contributed by atoms with Gasteiger partial charge in [0.15, 0.2) is 0 Å². The highest BCUT2D eigenvalue weighted by atomic mass is 16.5. The van der Waals surface area contributed by atoms with Crippen molar-refractivity contribution in [3.8, 4) is 0 Å². The fourth-order valence-corrected chi connectivity index (χ4v) is 4.41. The Hall–Kier alpha value is -1.66. The van der Waals surface area contributed by atoms with Crippen LogP contribution in [-0.2, 0) is 4.74 Å². The van der Waals surface area contributed by atoms with Crippen molar-refractivity contribution < 1.29 is 4.74 Å². The van der Waals surface area contributed by atoms with E-state index in [1.54, 1.807) is 6.33 Å². The number of nitrogens with one attached hydrogen (secondary N) is 3. The zero-order valence-corrected chi connectivity index (χ0v) is 15.8. The van der Waals surface area contributed by atoms with E-state index in [1.807, 2.05) is 0 Å². The highest BCUT2D eigenvalue weighted by molar-refractivity contribution is 5.90. The van der Waals surface area contributed by atoms with Crippen LogP contribution in [0.4, 0.5) is 5.82 Å². The van der Waals surface area contributed by atoms with Crippen LogP contribution in [0.2, 0.25) is 0 Å². The van der Waals surface area contributed by atoms with Gasteiger partial charge in [0, 0.05) is 31.5 Å². The number of H-pyrrole nitrogens is 1. The molecule has 2 aliphatic rings. The van der Waals surface area contributed by atoms with Crippen molar-refractivity contribution in [2.24, 2.45) is 0 Å². The van der Waals surface area contributed by atoms with E-state index < -0.39 is 0 Å². The summed E-state index contributed by atoms with van der Waals surface area (Å²) in [4.78, 5) is 12.4. The minimum atomic E-state index is 0.505. The van der Waals surface area contributed by atoms with E-state index in [0.717, 1.165) is 44.1 Å². The summed E-state index contributed by atoms with van der Waals surface area (Å²) in [5.41, 5.74) is 2.30. The Labute approximate surface area is 155 Å². The van der Waals surface area contributed by atoms with Crippen LogP contribution in [0, 0.1) is 0 Å². The molecular formula is C20H31N5O. The number of aromatic nitrogens is 3. The van der Waals surface area contributed by atoms with Crippen LogP contribution in [0.3, 0.4) is 0 Å². The lowest BCUT2D eigenvalue weighted by atomic mass is 9.90. The molecule has 1 aliphatic carbocycles. The Kier molecular flexibility index (Phi) is 5.70. The van der Waals surface area contributed by atoms with Crippen molar-refractivity contribution in [2.75, 3.05) is 25.1 Å². The summed E-state index contributed by atoms with van der Waals surface area (Å²) in [6.45, 7) is 5.06. The van der Waals surface area contributed by atoms with Gasteiger partial charge in [-0.25, -0.2) is 9.97 Å². The molecule has 1 aliphatic heterocycles. The Bertz CT molecular complexity index is 701. The van der Waals surface area contributed by atoms with Crippen LogP contribution in [0.15, 0.2) is 12.5 Å². The molecule has 0 unspecified atom stereocenters. The van der Waals surface area contributed by atoms with E-state index in [2.05, 4.69) is 38.7 Å². The number of aromatic amines is 1. The standard InChI is InChI=1S/C20H31N5O/c1-2-9-21-15-3-5-16(6-4-15)25-20-18-17(14-7-10-26-11-8-14)12-22-19(18)23-13-24-20/h12-16,21H,2-11H2,1H3,(H2,22,23,24,25). The maximum absolute atomic E-state index is 5.54. The van der Waals surface area contributed by atoms with Gasteiger partial charge in [-0.1, -0.05) is 6.92 Å². The number of fused-ring (bicyclic) bond motifs is 1. The molecule has 2 aromatic rings. The molecule has 1 saturated carbocycles. The molecule has 0 spiro atoms. The van der Waals surface area contributed by atoms with Gasteiger partial charge in [-0.15, -0.1) is 0 Å². The lowest BCUT2D eigenvalue weighted by molar-refractivity contribution is 0.0856. The maximum Gasteiger partial charge on any atom is 0.143 e. The Morgan fingerprint density at radius 1 is 1.08 bits per heavy atom. The second-order valence-electron chi connectivity index (χ2n) is 7.72. The number of ether oxygens (including phenoxy) is 1. The quantitative estimate of drug-likeness (QED) is 0.737. The molecule has 26 heavy (non-hydrogen) atoms. The van der Waals surface area contributed by atoms with Crippen LogP contribution < -0.4 is 10.6 Å². The topological polar surface area (TPSA) is 74.9 Å². The molecule has 142 valence electrons. The third-order valence-corrected chi connectivity index (χ3v) is 5.91. The average Bonchev–Trinajstić information content (AvgIpc) is 3.13. The lowest BCUT2D eigenvalue weighted by Gasteiger charge is -2.30. The number of anilines is 1. The predicted octanol–water partition coefficient (Wildman–Crippen LogP) is 3.57. The summed E-state index contributed by atoms with van der Waals surface area (Å²) in [6.07, 6.45) is 12.0. The summed E-state index contributed by atoms with van der Waals surface area (Å²) in [5, 5.41) is 8.58. The molecule has 1 saturated heterocycles. The van der Waals surface area contributed by atoms with Gasteiger partial charge in [0.1, 0.15) is 17.8 Å². The van der Waals surface area contributed by atoms with Gasteiger partial charge in [-0.2, -0.15) is 0 Å². The van der Waals surface area contributed by atoms with Crippen molar-refractivity contribution in [1.82, 2.24) is 20.3 Å². The first kappa shape index (κ1) is 17.7. The number of hydrogen-bond acceptors (Lipinski definition) is 5. The molecule has 0 amide bonds. The molecule has 6 nitrogen and oxygen atoms in total. The third kappa shape index (κ3) is 3.86. The normalized spacial score (nSPS) is 24.8. The number of hydrogen-bond donors (Lipinski definition) is 3. The van der Waals surface area contributed by atoms with E-state index in [4.69, 9.17) is 4.74 Å². The van der Waals surface area contributed by atoms with E-state index in [9.17, 15) is 0 Å². The second kappa shape index (κ2) is 8.35. The first-order chi connectivity index (χ1) is 12.8. The smallest absolute Gasteiger partial charge is 0.143 e. The van der Waals surface area contributed by atoms with E-state index in [-0.39, 0.29) is 0 Å². The van der Waals surface area contributed by atoms with Gasteiger partial charge >= 0.3 is 0 Å². The van der Waals surface area contributed by atoms with Crippen LogP contribution >= 0.6 is 0 Å². The summed E-state index contributed by atoms with van der Waals surface area (Å²) in [5.74, 6) is 1.54. The van der Waals surface area contributed by atoms with Gasteiger partial charge in [0.2, 0.25) is 0 Å². The highest BCUT2D eigenvalue weighted by Crippen LogP contribution is 2.35. The molecule has 0 bridgehead atoms. The zero-order chi connectivity index (χ0) is 17.8. The van der Waals surface area contributed by atoms with Crippen molar-refractivity contribution in [3.63, 3.8) is 0 Å². The fraction of sp³-hybridized carbons (Fsp3) is 0.700. The summed E-state index contributed by atoms with van der Waals surface area (Å²) >= 11 is 0. The Balaban J connectivity index is 1.47. The van der Waals surface area contributed by atoms with Crippen molar-refractivity contribution in [3.05, 3.63) is 18.1 Å². The highest BCUT2D eigenvalue weighted by Gasteiger charge is 2.24. The molecule has 6 heteroatoms. The second-order valence-corrected chi connectivity index (χ2v) is 7.72. The molecule has 3 heterocycles. The minimum Gasteiger partial charge on any atom is -0.381 e. The SMILES string of the molecule is CCCNC1CCC(Nc2ncnc3[nH]cc(C4CCOCC4)c23)CC1. The van der Waals surface area contributed by atoms with Crippen molar-refractivity contribution >= 4 is 16.9 Å². The lowest BCUT2D eigenvalue weighted by Crippen LogP contribution is -2.37. The van der Waals surface area contributed by atoms with E-state index in [1.165, 1.54) is 43.1 Å². The van der Waals surface area contributed by atoms with Crippen LogP contribution in [0.5, 0.6) is 0 Å². The van der Waals surface area contributed by atoms with Crippen molar-refractivity contribution in [2.45, 2.75) is 69.9 Å². The number of nitrogens with zero attached hydrogens (tertiary/aromatic N) is 2. The molecule has 4 rings (SSSR count). The first-order valence-corrected chi connectivity index (χ1v) is 10.2. The Morgan fingerprint density at radius 2 is 1.85 bits per heavy atom. The van der Waals surface area contributed by atoms with Crippen LogP contribution in [0.1, 0.15) is 63.4 Å². The van der Waals surface area contributed by atoms with Crippen LogP contribution in [-0.4, -0.2) is 46.8 Å². The predicted molar refractivity (Wildman–Crippen MR) is 105 cm³/mol. The number of rotatable bonds is 6. The third-order valence-electron chi connectivity index (χ3n) is 5.91. The van der Waals surface area contributed by atoms with Gasteiger partial charge in [0.05, 0.1) is 5.39 Å². The van der Waals surface area contributed by atoms with Gasteiger partial charge in [-0.05, 0) is 63.0 Å². The largest absolute Gasteiger partial charge is 0.381 e. The molecule has 2 fully saturated rings. The monoisotopic (exact) mass is 357 g/mol. The van der Waals surface area contributed by atoms with Crippen LogP contribution in [0.25, 0.3) is 11.0 Å². The molecule has 0 aromatic carbocycles. The van der Waals surface area contributed by atoms with E-state index in [0.29, 0.717) is 18.0 Å². The summed E-state index contributed by atoms with van der Waals surface area (Å²) in [6, 6.07) is 1.19. The van der Waals surface area contributed by atoms with Gasteiger partial charge in [0.25, 0.3) is 0 Å². The molecule has 0 atom stereocenters. The average molecular weight is 358 g/mol. The van der Waals surface area contributed by atoms with Gasteiger partial charge < -0.3 is 20.4 Å². The minimum absolute atomic E-state index is 0.505. The summed E-state index contributed by atoms with van der Waals surface area (Å²) < 4.78 is 5.54. The molecule has 2 aromatic heterocycles. The fourth-order valence-electron chi connectivity index (χ4n) is 4.41. The summed E-state index contributed by atoms with van der Waals surface area (Å²) in [7, 11) is 0. The Morgan fingerprint density at radius 3 is 2.62 bits per heavy atom. The van der Waals surface area contributed by atoms with E-state index >= 15 is 0 Å². The molecule has 0 radical (unpaired) electrons. The van der Waals surface area contributed by atoms with Crippen molar-refractivity contribution in [1.29, 1.82) is 0 Å². The molecular weight excluding hydrogens is 326 g/mol. The zero-order valence-electron chi connectivity index (χ0n) is 15.8.